The maximum atomic E-state index is 12.4. The minimum absolute atomic E-state index is 0. The van der Waals surface area contributed by atoms with Crippen molar-refractivity contribution in [1.82, 2.24) is 20.2 Å². The summed E-state index contributed by atoms with van der Waals surface area (Å²) in [4.78, 5) is 35.8. The number of hydrogen-bond acceptors (Lipinski definition) is 5. The highest BCUT2D eigenvalue weighted by Crippen LogP contribution is 2.25. The van der Waals surface area contributed by atoms with Crippen LogP contribution >= 0.6 is 23.7 Å². The van der Waals surface area contributed by atoms with Crippen LogP contribution < -0.4 is 10.9 Å². The monoisotopic (exact) mass is 370 g/mol. The Bertz CT molecular complexity index is 801. The molecule has 0 aromatic carbocycles. The molecule has 0 bridgehead atoms. The normalized spacial score (nSPS) is 17.8. The van der Waals surface area contributed by atoms with Crippen LogP contribution in [0.1, 0.15) is 29.6 Å². The van der Waals surface area contributed by atoms with Crippen LogP contribution in [0.5, 0.6) is 0 Å². The molecule has 1 aliphatic rings. The molecule has 8 heteroatoms. The molecule has 0 aliphatic carbocycles. The number of thiophene rings is 1. The lowest BCUT2D eigenvalue weighted by molar-refractivity contribution is -0.133. The molecule has 0 spiro atoms. The van der Waals surface area contributed by atoms with Crippen molar-refractivity contribution in [2.24, 2.45) is 0 Å². The number of aromatic nitrogens is 2. The second-order valence-electron chi connectivity index (χ2n) is 6.12. The van der Waals surface area contributed by atoms with Gasteiger partial charge in [-0.1, -0.05) is 0 Å². The second kappa shape index (κ2) is 7.63. The van der Waals surface area contributed by atoms with Gasteiger partial charge in [-0.25, -0.2) is 4.98 Å². The van der Waals surface area contributed by atoms with Crippen molar-refractivity contribution in [3.05, 3.63) is 26.6 Å². The molecule has 2 aromatic rings. The van der Waals surface area contributed by atoms with E-state index in [1.54, 1.807) is 0 Å². The maximum Gasteiger partial charge on any atom is 0.259 e. The van der Waals surface area contributed by atoms with Gasteiger partial charge in [0.15, 0.2) is 0 Å². The van der Waals surface area contributed by atoms with E-state index in [2.05, 4.69) is 15.3 Å². The van der Waals surface area contributed by atoms with Crippen LogP contribution in [0.2, 0.25) is 0 Å². The number of H-pyrrole nitrogens is 1. The van der Waals surface area contributed by atoms with Gasteiger partial charge in [-0.05, 0) is 26.3 Å². The summed E-state index contributed by atoms with van der Waals surface area (Å²) in [5, 5.41) is 3.95. The van der Waals surface area contributed by atoms with Crippen molar-refractivity contribution in [2.75, 3.05) is 19.6 Å². The van der Waals surface area contributed by atoms with E-state index in [0.717, 1.165) is 34.9 Å². The Kier molecular flexibility index (Phi) is 6.01. The van der Waals surface area contributed by atoms with E-state index in [0.29, 0.717) is 24.1 Å². The van der Waals surface area contributed by atoms with Crippen molar-refractivity contribution in [1.29, 1.82) is 0 Å². The van der Waals surface area contributed by atoms with Gasteiger partial charge in [-0.3, -0.25) is 9.59 Å². The highest BCUT2D eigenvalue weighted by atomic mass is 35.5. The summed E-state index contributed by atoms with van der Waals surface area (Å²) in [5.74, 6) is 0.722. The van der Waals surface area contributed by atoms with Crippen LogP contribution in [0.3, 0.4) is 0 Å². The Labute approximate surface area is 151 Å². The van der Waals surface area contributed by atoms with Crippen LogP contribution in [0.25, 0.3) is 10.2 Å². The molecule has 2 N–H and O–H groups in total. The fourth-order valence-corrected chi connectivity index (χ4v) is 4.05. The molecule has 1 aliphatic heterocycles. The summed E-state index contributed by atoms with van der Waals surface area (Å²) in [7, 11) is 0. The van der Waals surface area contributed by atoms with Gasteiger partial charge in [0, 0.05) is 43.4 Å². The van der Waals surface area contributed by atoms with Crippen LogP contribution in [0, 0.1) is 13.8 Å². The number of carbonyl (C=O) groups excluding carboxylic acids is 1. The number of fused-ring (bicyclic) bond motifs is 1. The molecule has 3 heterocycles. The van der Waals surface area contributed by atoms with Crippen LogP contribution in [0.4, 0.5) is 0 Å². The van der Waals surface area contributed by atoms with Crippen LogP contribution in [-0.4, -0.2) is 46.5 Å². The fourth-order valence-electron chi connectivity index (χ4n) is 3.00. The minimum atomic E-state index is -0.102. The van der Waals surface area contributed by atoms with Crippen molar-refractivity contribution in [3.63, 3.8) is 0 Å². The van der Waals surface area contributed by atoms with Gasteiger partial charge >= 0.3 is 0 Å². The zero-order valence-electron chi connectivity index (χ0n) is 14.1. The Morgan fingerprint density at radius 3 is 2.88 bits per heavy atom. The molecule has 0 radical (unpaired) electrons. The zero-order chi connectivity index (χ0) is 16.6. The van der Waals surface area contributed by atoms with Crippen LogP contribution in [-0.2, 0) is 11.2 Å². The summed E-state index contributed by atoms with van der Waals surface area (Å²) in [6.07, 6.45) is 0.846. The Morgan fingerprint density at radius 2 is 2.17 bits per heavy atom. The molecule has 3 rings (SSSR count). The van der Waals surface area contributed by atoms with Gasteiger partial charge in [-0.2, -0.15) is 0 Å². The number of nitrogens with one attached hydrogen (secondary N) is 2. The lowest BCUT2D eigenvalue weighted by Crippen LogP contribution is -2.52. The summed E-state index contributed by atoms with van der Waals surface area (Å²) in [6, 6.07) is 0.216. The van der Waals surface area contributed by atoms with Gasteiger partial charge in [0.2, 0.25) is 5.91 Å². The second-order valence-corrected chi connectivity index (χ2v) is 7.32. The lowest BCUT2D eigenvalue weighted by Gasteiger charge is -2.34. The average molecular weight is 371 g/mol. The van der Waals surface area contributed by atoms with Crippen molar-refractivity contribution < 1.29 is 4.79 Å². The van der Waals surface area contributed by atoms with Gasteiger partial charge in [0.25, 0.3) is 5.56 Å². The predicted molar refractivity (Wildman–Crippen MR) is 99.3 cm³/mol. The zero-order valence-corrected chi connectivity index (χ0v) is 15.8. The van der Waals surface area contributed by atoms with E-state index in [1.165, 1.54) is 11.3 Å². The first-order valence-electron chi connectivity index (χ1n) is 7.96. The highest BCUT2D eigenvalue weighted by molar-refractivity contribution is 7.18. The third-order valence-corrected chi connectivity index (χ3v) is 5.59. The molecule has 0 unspecified atom stereocenters. The molecule has 24 heavy (non-hydrogen) atoms. The third kappa shape index (κ3) is 3.63. The quantitative estimate of drug-likeness (QED) is 0.863. The summed E-state index contributed by atoms with van der Waals surface area (Å²) >= 11 is 1.54. The number of rotatable bonds is 3. The van der Waals surface area contributed by atoms with Crippen molar-refractivity contribution >= 4 is 39.9 Å². The predicted octanol–water partition coefficient (Wildman–Crippen LogP) is 1.78. The molecule has 1 amide bonds. The van der Waals surface area contributed by atoms with E-state index < -0.39 is 0 Å². The number of aromatic amines is 1. The molecule has 1 saturated heterocycles. The van der Waals surface area contributed by atoms with Gasteiger partial charge < -0.3 is 15.2 Å². The van der Waals surface area contributed by atoms with Crippen LogP contribution in [0.15, 0.2) is 4.79 Å². The van der Waals surface area contributed by atoms with Crippen molar-refractivity contribution in [2.45, 2.75) is 39.7 Å². The first-order chi connectivity index (χ1) is 11.0. The Morgan fingerprint density at radius 1 is 1.42 bits per heavy atom. The van der Waals surface area contributed by atoms with Crippen molar-refractivity contribution in [3.8, 4) is 0 Å². The average Bonchev–Trinajstić information content (AvgIpc) is 2.80. The van der Waals surface area contributed by atoms with E-state index in [9.17, 15) is 9.59 Å². The van der Waals surface area contributed by atoms with E-state index >= 15 is 0 Å². The Hall–Kier alpha value is -1.44. The lowest BCUT2D eigenvalue weighted by atomic mass is 10.1. The van der Waals surface area contributed by atoms with Gasteiger partial charge in [-0.15, -0.1) is 23.7 Å². The molecule has 0 saturated carbocycles. The Balaban J connectivity index is 0.00000208. The fraction of sp³-hybridized carbons (Fsp3) is 0.562. The number of hydrogen-bond donors (Lipinski definition) is 2. The third-order valence-electron chi connectivity index (χ3n) is 4.49. The van der Waals surface area contributed by atoms with E-state index in [4.69, 9.17) is 0 Å². The van der Waals surface area contributed by atoms with Gasteiger partial charge in [0.1, 0.15) is 10.7 Å². The SMILES string of the molecule is Cc1sc2nc(CCC(=O)N3CCNC[C@@H]3C)[nH]c(=O)c2c1C.Cl. The largest absolute Gasteiger partial charge is 0.337 e. The number of aryl methyl sites for hydroxylation is 3. The standard InChI is InChI=1S/C16H22N4O2S.ClH/c1-9-8-17-6-7-20(9)13(21)5-4-12-18-15(22)14-10(2)11(3)23-16(14)19-12;/h9,17H,4-8H2,1-3H3,(H,18,19,22);1H/t9-;/m0./s1. The highest BCUT2D eigenvalue weighted by Gasteiger charge is 2.22. The first kappa shape index (κ1) is 18.9. The molecule has 6 nitrogen and oxygen atoms in total. The van der Waals surface area contributed by atoms with E-state index in [-0.39, 0.29) is 29.9 Å². The maximum absolute atomic E-state index is 12.4. The molecular weight excluding hydrogens is 348 g/mol. The minimum Gasteiger partial charge on any atom is -0.337 e. The molecule has 1 atom stereocenters. The molecule has 132 valence electrons. The summed E-state index contributed by atoms with van der Waals surface area (Å²) in [6.45, 7) is 8.40. The topological polar surface area (TPSA) is 78.1 Å². The molecule has 1 fully saturated rings. The first-order valence-corrected chi connectivity index (χ1v) is 8.78. The number of nitrogens with zero attached hydrogens (tertiary/aromatic N) is 2. The molecular formula is C16H23ClN4O2S. The molecule has 2 aromatic heterocycles. The number of halogens is 1. The summed E-state index contributed by atoms with van der Waals surface area (Å²) < 4.78 is 0. The number of amides is 1. The number of piperazine rings is 1. The van der Waals surface area contributed by atoms with Gasteiger partial charge in [0.05, 0.1) is 5.39 Å². The number of carbonyl (C=O) groups is 1. The summed E-state index contributed by atoms with van der Waals surface area (Å²) in [5.41, 5.74) is 0.894. The van der Waals surface area contributed by atoms with E-state index in [1.807, 2.05) is 25.7 Å². The smallest absolute Gasteiger partial charge is 0.259 e.